The minimum Gasteiger partial charge on any atom is -0.352 e. The van der Waals surface area contributed by atoms with Crippen LogP contribution in [0.4, 0.5) is 0 Å². The van der Waals surface area contributed by atoms with E-state index in [0.717, 1.165) is 19.0 Å². The van der Waals surface area contributed by atoms with Gasteiger partial charge in [0.2, 0.25) is 0 Å². The second kappa shape index (κ2) is 8.26. The summed E-state index contributed by atoms with van der Waals surface area (Å²) in [5.74, 6) is 0.794. The Hall–Kier alpha value is -2.67. The topological polar surface area (TPSA) is 67.1 Å². The van der Waals surface area contributed by atoms with Crippen LogP contribution in [0.3, 0.4) is 0 Å². The van der Waals surface area contributed by atoms with Crippen LogP contribution in [0.1, 0.15) is 16.7 Å². The predicted octanol–water partition coefficient (Wildman–Crippen LogP) is 2.25. The fourth-order valence-corrected chi connectivity index (χ4v) is 2.99. The van der Waals surface area contributed by atoms with E-state index in [4.69, 9.17) is 0 Å². The molecule has 0 bridgehead atoms. The SMILES string of the molecule is CN=C(NCc1ccsc1)NCc1cccc(Cn2cncn2)c1. The molecule has 2 heterocycles. The third-order valence-corrected chi connectivity index (χ3v) is 4.26. The lowest BCUT2D eigenvalue weighted by molar-refractivity contribution is 0.683. The summed E-state index contributed by atoms with van der Waals surface area (Å²) in [6, 6.07) is 10.5. The molecule has 0 fully saturated rings. The van der Waals surface area contributed by atoms with Crippen molar-refractivity contribution in [3.63, 3.8) is 0 Å². The number of aliphatic imine (C=N–C) groups is 1. The maximum atomic E-state index is 4.26. The van der Waals surface area contributed by atoms with Gasteiger partial charge in [-0.2, -0.15) is 16.4 Å². The number of rotatable bonds is 6. The van der Waals surface area contributed by atoms with E-state index in [2.05, 4.69) is 66.8 Å². The summed E-state index contributed by atoms with van der Waals surface area (Å²) in [4.78, 5) is 8.23. The molecule has 2 N–H and O–H groups in total. The molecule has 0 aliphatic heterocycles. The van der Waals surface area contributed by atoms with Crippen LogP contribution in [0.2, 0.25) is 0 Å². The van der Waals surface area contributed by atoms with Gasteiger partial charge < -0.3 is 10.6 Å². The smallest absolute Gasteiger partial charge is 0.191 e. The zero-order valence-corrected chi connectivity index (χ0v) is 14.3. The summed E-state index contributed by atoms with van der Waals surface area (Å²) in [6.45, 7) is 2.21. The van der Waals surface area contributed by atoms with Gasteiger partial charge in [-0.15, -0.1) is 0 Å². The Morgan fingerprint density at radius 3 is 2.71 bits per heavy atom. The quantitative estimate of drug-likeness (QED) is 0.533. The molecule has 0 spiro atoms. The lowest BCUT2D eigenvalue weighted by Crippen LogP contribution is -2.36. The summed E-state index contributed by atoms with van der Waals surface area (Å²) in [5, 5.41) is 15.0. The normalized spacial score (nSPS) is 11.5. The van der Waals surface area contributed by atoms with Crippen LogP contribution in [0.15, 0.2) is 58.7 Å². The summed E-state index contributed by atoms with van der Waals surface area (Å²) < 4.78 is 1.81. The molecular formula is C17H20N6S. The first kappa shape index (κ1) is 16.2. The maximum Gasteiger partial charge on any atom is 0.191 e. The number of benzene rings is 1. The molecule has 24 heavy (non-hydrogen) atoms. The number of hydrogen-bond acceptors (Lipinski definition) is 4. The molecule has 2 aromatic heterocycles. The zero-order chi connectivity index (χ0) is 16.6. The molecule has 6 nitrogen and oxygen atoms in total. The van der Waals surface area contributed by atoms with Crippen LogP contribution in [0.25, 0.3) is 0 Å². The van der Waals surface area contributed by atoms with Crippen molar-refractivity contribution in [3.8, 4) is 0 Å². The Morgan fingerprint density at radius 2 is 2.00 bits per heavy atom. The summed E-state index contributed by atoms with van der Waals surface area (Å²) in [5.41, 5.74) is 3.66. The number of hydrogen-bond donors (Lipinski definition) is 2. The van der Waals surface area contributed by atoms with Gasteiger partial charge >= 0.3 is 0 Å². The fraction of sp³-hybridized carbons (Fsp3) is 0.235. The third-order valence-electron chi connectivity index (χ3n) is 3.53. The Balaban J connectivity index is 1.53. The average Bonchev–Trinajstić information content (AvgIpc) is 3.29. The molecule has 3 aromatic rings. The highest BCUT2D eigenvalue weighted by molar-refractivity contribution is 7.07. The van der Waals surface area contributed by atoms with Crippen LogP contribution >= 0.6 is 11.3 Å². The van der Waals surface area contributed by atoms with Crippen LogP contribution in [-0.2, 0) is 19.6 Å². The zero-order valence-electron chi connectivity index (χ0n) is 13.5. The molecule has 0 amide bonds. The van der Waals surface area contributed by atoms with Crippen LogP contribution in [-0.4, -0.2) is 27.8 Å². The highest BCUT2D eigenvalue weighted by Gasteiger charge is 2.01. The van der Waals surface area contributed by atoms with E-state index in [1.807, 2.05) is 4.68 Å². The number of nitrogens with zero attached hydrogens (tertiary/aromatic N) is 4. The minimum absolute atomic E-state index is 0.717. The molecule has 7 heteroatoms. The van der Waals surface area contributed by atoms with Gasteiger partial charge in [0.15, 0.2) is 5.96 Å². The molecule has 1 aromatic carbocycles. The van der Waals surface area contributed by atoms with E-state index in [9.17, 15) is 0 Å². The predicted molar refractivity (Wildman–Crippen MR) is 96.9 cm³/mol. The van der Waals surface area contributed by atoms with Gasteiger partial charge in [-0.05, 0) is 33.5 Å². The first-order valence-corrected chi connectivity index (χ1v) is 8.63. The highest BCUT2D eigenvalue weighted by Crippen LogP contribution is 2.07. The van der Waals surface area contributed by atoms with Crippen LogP contribution in [0, 0.1) is 0 Å². The van der Waals surface area contributed by atoms with Crippen molar-refractivity contribution in [2.24, 2.45) is 4.99 Å². The Kier molecular flexibility index (Phi) is 5.57. The van der Waals surface area contributed by atoms with E-state index in [0.29, 0.717) is 6.54 Å². The number of guanidine groups is 1. The number of aromatic nitrogens is 3. The van der Waals surface area contributed by atoms with E-state index in [1.54, 1.807) is 31.0 Å². The first-order chi connectivity index (χ1) is 11.8. The van der Waals surface area contributed by atoms with Gasteiger partial charge in [0.25, 0.3) is 0 Å². The number of nitrogens with one attached hydrogen (secondary N) is 2. The van der Waals surface area contributed by atoms with Crippen molar-refractivity contribution in [1.82, 2.24) is 25.4 Å². The molecular weight excluding hydrogens is 320 g/mol. The van der Waals surface area contributed by atoms with Gasteiger partial charge in [-0.3, -0.25) is 4.99 Å². The Morgan fingerprint density at radius 1 is 1.17 bits per heavy atom. The third kappa shape index (κ3) is 4.66. The minimum atomic E-state index is 0.717. The molecule has 0 atom stereocenters. The molecule has 0 aliphatic carbocycles. The molecule has 124 valence electrons. The van der Waals surface area contributed by atoms with Gasteiger partial charge in [0.1, 0.15) is 12.7 Å². The fourth-order valence-electron chi connectivity index (χ4n) is 2.32. The summed E-state index contributed by atoms with van der Waals surface area (Å²) in [7, 11) is 1.78. The molecule has 0 aliphatic rings. The molecule has 0 saturated heterocycles. The van der Waals surface area contributed by atoms with E-state index >= 15 is 0 Å². The Bertz CT molecular complexity index is 764. The molecule has 0 unspecified atom stereocenters. The van der Waals surface area contributed by atoms with Crippen molar-refractivity contribution in [3.05, 3.63) is 70.4 Å². The number of thiophene rings is 1. The highest BCUT2D eigenvalue weighted by atomic mass is 32.1. The lowest BCUT2D eigenvalue weighted by Gasteiger charge is -2.12. The largest absolute Gasteiger partial charge is 0.352 e. The van der Waals surface area contributed by atoms with Crippen molar-refractivity contribution in [2.45, 2.75) is 19.6 Å². The molecule has 3 rings (SSSR count). The van der Waals surface area contributed by atoms with Crippen molar-refractivity contribution in [2.75, 3.05) is 7.05 Å². The first-order valence-electron chi connectivity index (χ1n) is 7.69. The van der Waals surface area contributed by atoms with E-state index in [-0.39, 0.29) is 0 Å². The summed E-state index contributed by atoms with van der Waals surface area (Å²) in [6.07, 6.45) is 3.27. The lowest BCUT2D eigenvalue weighted by atomic mass is 10.1. The van der Waals surface area contributed by atoms with E-state index in [1.165, 1.54) is 16.7 Å². The molecule has 0 saturated carbocycles. The standard InChI is InChI=1S/C17H20N6S/c1-18-17(21-9-16-5-6-24-11-16)20-8-14-3-2-4-15(7-14)10-23-13-19-12-22-23/h2-7,11-13H,8-10H2,1H3,(H2,18,20,21). The van der Waals surface area contributed by atoms with Gasteiger partial charge in [-0.1, -0.05) is 24.3 Å². The monoisotopic (exact) mass is 340 g/mol. The van der Waals surface area contributed by atoms with Crippen LogP contribution in [0.5, 0.6) is 0 Å². The molecule has 0 radical (unpaired) electrons. The summed E-state index contributed by atoms with van der Waals surface area (Å²) >= 11 is 1.70. The van der Waals surface area contributed by atoms with Crippen molar-refractivity contribution in [1.29, 1.82) is 0 Å². The average molecular weight is 340 g/mol. The Labute approximate surface area is 145 Å². The van der Waals surface area contributed by atoms with Gasteiger partial charge in [-0.25, -0.2) is 9.67 Å². The second-order valence-corrected chi connectivity index (χ2v) is 6.10. The van der Waals surface area contributed by atoms with Crippen LogP contribution < -0.4 is 10.6 Å². The van der Waals surface area contributed by atoms with E-state index < -0.39 is 0 Å². The van der Waals surface area contributed by atoms with Gasteiger partial charge in [0, 0.05) is 20.1 Å². The second-order valence-electron chi connectivity index (χ2n) is 5.32. The van der Waals surface area contributed by atoms with Gasteiger partial charge in [0.05, 0.1) is 6.54 Å². The van der Waals surface area contributed by atoms with Crippen molar-refractivity contribution < 1.29 is 0 Å². The van der Waals surface area contributed by atoms with Crippen molar-refractivity contribution >= 4 is 17.3 Å². The maximum absolute atomic E-state index is 4.26.